The van der Waals surface area contributed by atoms with E-state index in [0.29, 0.717) is 0 Å². The maximum Gasteiger partial charge on any atom is 0.0533 e. The molecule has 0 aliphatic heterocycles. The van der Waals surface area contributed by atoms with Gasteiger partial charge in [-0.05, 0) is 62.2 Å². The number of hydrogen-bond acceptors (Lipinski definition) is 1. The Bertz CT molecular complexity index is 1090. The highest BCUT2D eigenvalue weighted by atomic mass is 15.1. The Kier molecular flexibility index (Phi) is 5.81. The minimum absolute atomic E-state index is 1.15. The Balaban J connectivity index is 1.80. The number of benzene rings is 4. The maximum absolute atomic E-state index is 2.33. The van der Waals surface area contributed by atoms with Gasteiger partial charge in [-0.25, -0.2) is 0 Å². The Morgan fingerprint density at radius 2 is 0.967 bits per heavy atom. The molecule has 0 aliphatic rings. The molecule has 0 saturated carbocycles. The molecule has 0 N–H and O–H groups in total. The summed E-state index contributed by atoms with van der Waals surface area (Å²) >= 11 is 0. The molecule has 4 rings (SSSR count). The molecule has 4 aromatic rings. The van der Waals surface area contributed by atoms with Crippen LogP contribution in [0.3, 0.4) is 0 Å². The zero-order valence-corrected chi connectivity index (χ0v) is 17.8. The zero-order chi connectivity index (χ0) is 20.9. The summed E-state index contributed by atoms with van der Waals surface area (Å²) in [5, 5.41) is 0. The molecule has 0 heterocycles. The molecule has 0 radical (unpaired) electrons. The molecule has 0 bridgehead atoms. The highest BCUT2D eigenvalue weighted by Crippen LogP contribution is 2.37. The van der Waals surface area contributed by atoms with E-state index < -0.39 is 0 Å². The number of para-hydroxylation sites is 1. The van der Waals surface area contributed by atoms with Gasteiger partial charge in [0.25, 0.3) is 0 Å². The van der Waals surface area contributed by atoms with Crippen LogP contribution in [0.4, 0.5) is 17.1 Å². The fraction of sp³-hybridized carbons (Fsp3) is 0.103. The number of anilines is 3. The summed E-state index contributed by atoms with van der Waals surface area (Å²) in [7, 11) is 0. The predicted molar refractivity (Wildman–Crippen MR) is 131 cm³/mol. The van der Waals surface area contributed by atoms with Crippen molar-refractivity contribution in [2.75, 3.05) is 4.90 Å². The number of aryl methyl sites for hydroxylation is 3. The van der Waals surface area contributed by atoms with Crippen LogP contribution in [0, 0.1) is 20.8 Å². The second-order valence-electron chi connectivity index (χ2n) is 7.81. The van der Waals surface area contributed by atoms with Crippen molar-refractivity contribution >= 4 is 29.2 Å². The molecule has 0 spiro atoms. The molecule has 0 aromatic heterocycles. The number of hydrogen-bond donors (Lipinski definition) is 0. The van der Waals surface area contributed by atoms with Gasteiger partial charge in [-0.2, -0.15) is 0 Å². The van der Waals surface area contributed by atoms with Gasteiger partial charge in [0.1, 0.15) is 0 Å². The summed E-state index contributed by atoms with van der Waals surface area (Å²) in [5.74, 6) is 0. The van der Waals surface area contributed by atoms with E-state index in [0.717, 1.165) is 17.1 Å². The molecular weight excluding hydrogens is 362 g/mol. The minimum Gasteiger partial charge on any atom is -0.310 e. The van der Waals surface area contributed by atoms with Gasteiger partial charge >= 0.3 is 0 Å². The van der Waals surface area contributed by atoms with Crippen molar-refractivity contribution in [2.45, 2.75) is 20.8 Å². The fourth-order valence-corrected chi connectivity index (χ4v) is 3.51. The highest BCUT2D eigenvalue weighted by Gasteiger charge is 2.14. The lowest BCUT2D eigenvalue weighted by Gasteiger charge is -2.27. The summed E-state index contributed by atoms with van der Waals surface area (Å²) in [6, 6.07) is 34.6. The lowest BCUT2D eigenvalue weighted by molar-refractivity contribution is 1.26. The highest BCUT2D eigenvalue weighted by molar-refractivity contribution is 5.85. The van der Waals surface area contributed by atoms with E-state index in [1.54, 1.807) is 0 Å². The maximum atomic E-state index is 2.33. The average molecular weight is 390 g/mol. The summed E-state index contributed by atoms with van der Waals surface area (Å²) in [6.45, 7) is 6.36. The predicted octanol–water partition coefficient (Wildman–Crippen LogP) is 8.25. The first-order chi connectivity index (χ1) is 14.6. The quantitative estimate of drug-likeness (QED) is 0.311. The van der Waals surface area contributed by atoms with E-state index in [1.807, 2.05) is 0 Å². The van der Waals surface area contributed by atoms with Crippen molar-refractivity contribution in [3.05, 3.63) is 125 Å². The van der Waals surface area contributed by atoms with Crippen molar-refractivity contribution in [1.29, 1.82) is 0 Å². The van der Waals surface area contributed by atoms with Crippen LogP contribution in [0.25, 0.3) is 12.2 Å². The lowest BCUT2D eigenvalue weighted by atomic mass is 10.1. The first-order valence-corrected chi connectivity index (χ1v) is 10.4. The van der Waals surface area contributed by atoms with Crippen LogP contribution in [0.1, 0.15) is 27.8 Å². The van der Waals surface area contributed by atoms with Crippen molar-refractivity contribution in [3.63, 3.8) is 0 Å². The molecule has 4 aromatic carbocycles. The third-order valence-electron chi connectivity index (χ3n) is 5.29. The minimum atomic E-state index is 1.15. The first-order valence-electron chi connectivity index (χ1n) is 10.4. The molecule has 1 heteroatoms. The van der Waals surface area contributed by atoms with Crippen LogP contribution in [-0.2, 0) is 0 Å². The monoisotopic (exact) mass is 389 g/mol. The molecule has 0 amide bonds. The van der Waals surface area contributed by atoms with Crippen LogP contribution in [0.5, 0.6) is 0 Å². The van der Waals surface area contributed by atoms with E-state index in [2.05, 4.69) is 135 Å². The van der Waals surface area contributed by atoms with E-state index in [4.69, 9.17) is 0 Å². The molecule has 30 heavy (non-hydrogen) atoms. The molecule has 0 unspecified atom stereocenters. The van der Waals surface area contributed by atoms with Crippen molar-refractivity contribution < 1.29 is 0 Å². The number of rotatable bonds is 5. The Hall–Kier alpha value is -3.58. The second kappa shape index (κ2) is 8.84. The molecule has 148 valence electrons. The van der Waals surface area contributed by atoms with Crippen LogP contribution in [0.2, 0.25) is 0 Å². The Labute approximate surface area is 179 Å². The van der Waals surface area contributed by atoms with Gasteiger partial charge in [0.05, 0.1) is 5.69 Å². The van der Waals surface area contributed by atoms with Crippen LogP contribution in [-0.4, -0.2) is 0 Å². The van der Waals surface area contributed by atoms with Gasteiger partial charge in [-0.3, -0.25) is 0 Å². The van der Waals surface area contributed by atoms with Crippen LogP contribution >= 0.6 is 0 Å². The summed E-state index contributed by atoms with van der Waals surface area (Å²) in [6.07, 6.45) is 4.39. The van der Waals surface area contributed by atoms with Gasteiger partial charge in [0.2, 0.25) is 0 Å². The second-order valence-corrected chi connectivity index (χ2v) is 7.81. The SMILES string of the molecule is Cc1ccc(C=Cc2ccccc2N(c2ccc(C)cc2)c2ccc(C)cc2)cc1. The molecular formula is C29H27N. The topological polar surface area (TPSA) is 3.24 Å². The van der Waals surface area contributed by atoms with Gasteiger partial charge in [-0.15, -0.1) is 0 Å². The molecule has 0 fully saturated rings. The molecule has 1 nitrogen and oxygen atoms in total. The number of nitrogens with zero attached hydrogens (tertiary/aromatic N) is 1. The van der Waals surface area contributed by atoms with Crippen molar-refractivity contribution in [1.82, 2.24) is 0 Å². The summed E-state index contributed by atoms with van der Waals surface area (Å²) in [4.78, 5) is 2.33. The van der Waals surface area contributed by atoms with Crippen molar-refractivity contribution in [2.24, 2.45) is 0 Å². The average Bonchev–Trinajstić information content (AvgIpc) is 2.77. The van der Waals surface area contributed by atoms with Gasteiger partial charge in [0.15, 0.2) is 0 Å². The lowest BCUT2D eigenvalue weighted by Crippen LogP contribution is -2.11. The zero-order valence-electron chi connectivity index (χ0n) is 17.8. The van der Waals surface area contributed by atoms with Gasteiger partial charge < -0.3 is 4.90 Å². The molecule has 0 atom stereocenters. The third-order valence-corrected chi connectivity index (χ3v) is 5.29. The third kappa shape index (κ3) is 4.52. The van der Waals surface area contributed by atoms with E-state index in [1.165, 1.54) is 27.8 Å². The van der Waals surface area contributed by atoms with Gasteiger partial charge in [-0.1, -0.05) is 95.6 Å². The fourth-order valence-electron chi connectivity index (χ4n) is 3.51. The first kappa shape index (κ1) is 19.7. The normalized spacial score (nSPS) is 11.0. The standard InChI is InChI=1S/C29H27N/c1-22-8-14-25(15-9-22)16-17-26-6-4-5-7-29(26)30(27-18-10-23(2)11-19-27)28-20-12-24(3)13-21-28/h4-21H,1-3H3. The van der Waals surface area contributed by atoms with E-state index in [-0.39, 0.29) is 0 Å². The van der Waals surface area contributed by atoms with Crippen molar-refractivity contribution in [3.8, 4) is 0 Å². The summed E-state index contributed by atoms with van der Waals surface area (Å²) < 4.78 is 0. The van der Waals surface area contributed by atoms with E-state index in [9.17, 15) is 0 Å². The summed E-state index contributed by atoms with van der Waals surface area (Å²) in [5.41, 5.74) is 9.64. The van der Waals surface area contributed by atoms with E-state index >= 15 is 0 Å². The molecule has 0 saturated heterocycles. The van der Waals surface area contributed by atoms with Crippen LogP contribution in [0.15, 0.2) is 97.1 Å². The van der Waals surface area contributed by atoms with Gasteiger partial charge in [0, 0.05) is 11.4 Å². The smallest absolute Gasteiger partial charge is 0.0533 e. The Morgan fingerprint density at radius 3 is 1.50 bits per heavy atom. The van der Waals surface area contributed by atoms with Crippen LogP contribution < -0.4 is 4.90 Å². The largest absolute Gasteiger partial charge is 0.310 e. The molecule has 0 aliphatic carbocycles. The Morgan fingerprint density at radius 1 is 0.500 bits per heavy atom.